The van der Waals surface area contributed by atoms with Crippen molar-refractivity contribution >= 4 is 11.4 Å². The molecule has 84 valence electrons. The molecule has 1 heterocycles. The average Bonchev–Trinajstić information content (AvgIpc) is 2.70. The summed E-state index contributed by atoms with van der Waals surface area (Å²) in [5.74, 6) is 0.513. The molecule has 1 aromatic carbocycles. The molecule has 0 aliphatic rings. The topological polar surface area (TPSA) is 42.4 Å². The van der Waals surface area contributed by atoms with Crippen LogP contribution in [-0.4, -0.2) is 7.05 Å². The summed E-state index contributed by atoms with van der Waals surface area (Å²) in [6, 6.07) is 8.08. The predicted octanol–water partition coefficient (Wildman–Crippen LogP) is 2.64. The largest absolute Gasteiger partial charge is 0.467 e. The Kier molecular flexibility index (Phi) is 2.81. The maximum Gasteiger partial charge on any atom is 0.125 e. The van der Waals surface area contributed by atoms with Crippen LogP contribution in [0.2, 0.25) is 0 Å². The van der Waals surface area contributed by atoms with E-state index in [0.717, 1.165) is 11.4 Å². The fraction of sp³-hybridized carbons (Fsp3) is 0.167. The first-order valence-electron chi connectivity index (χ1n) is 4.95. The first-order chi connectivity index (χ1) is 7.66. The van der Waals surface area contributed by atoms with Crippen molar-refractivity contribution in [1.82, 2.24) is 0 Å². The van der Waals surface area contributed by atoms with Crippen LogP contribution in [0.1, 0.15) is 5.76 Å². The highest BCUT2D eigenvalue weighted by atomic mass is 19.1. The van der Waals surface area contributed by atoms with E-state index in [-0.39, 0.29) is 5.82 Å². The van der Waals surface area contributed by atoms with Gasteiger partial charge in [-0.05, 0) is 30.3 Å². The van der Waals surface area contributed by atoms with Gasteiger partial charge in [-0.1, -0.05) is 0 Å². The SMILES string of the molecule is CN(Cc1ccco1)c1ccc(F)cc1N. The molecule has 0 radical (unpaired) electrons. The molecule has 0 saturated carbocycles. The first kappa shape index (κ1) is 10.5. The van der Waals surface area contributed by atoms with Gasteiger partial charge in [0.2, 0.25) is 0 Å². The highest BCUT2D eigenvalue weighted by Gasteiger charge is 2.08. The van der Waals surface area contributed by atoms with Gasteiger partial charge in [-0.2, -0.15) is 0 Å². The zero-order valence-electron chi connectivity index (χ0n) is 8.98. The minimum atomic E-state index is -0.326. The number of anilines is 2. The molecule has 16 heavy (non-hydrogen) atoms. The second kappa shape index (κ2) is 4.26. The quantitative estimate of drug-likeness (QED) is 0.808. The van der Waals surface area contributed by atoms with Gasteiger partial charge in [-0.3, -0.25) is 0 Å². The molecule has 0 unspecified atom stereocenters. The van der Waals surface area contributed by atoms with Crippen molar-refractivity contribution in [3.8, 4) is 0 Å². The summed E-state index contributed by atoms with van der Waals surface area (Å²) in [6.45, 7) is 0.600. The fourth-order valence-corrected chi connectivity index (χ4v) is 1.59. The van der Waals surface area contributed by atoms with Crippen LogP contribution in [0, 0.1) is 5.82 Å². The summed E-state index contributed by atoms with van der Waals surface area (Å²) >= 11 is 0. The van der Waals surface area contributed by atoms with Crippen LogP contribution < -0.4 is 10.6 Å². The standard InChI is InChI=1S/C12H13FN2O/c1-15(8-10-3-2-6-16-10)12-5-4-9(13)7-11(12)14/h2-7H,8,14H2,1H3. The Bertz CT molecular complexity index is 468. The molecule has 0 bridgehead atoms. The van der Waals surface area contributed by atoms with Crippen LogP contribution in [0.5, 0.6) is 0 Å². The molecule has 0 fully saturated rings. The van der Waals surface area contributed by atoms with Crippen molar-refractivity contribution in [2.75, 3.05) is 17.7 Å². The second-order valence-corrected chi connectivity index (χ2v) is 3.64. The Hall–Kier alpha value is -1.97. The van der Waals surface area contributed by atoms with Gasteiger partial charge in [0.25, 0.3) is 0 Å². The van der Waals surface area contributed by atoms with Crippen LogP contribution in [0.3, 0.4) is 0 Å². The van der Waals surface area contributed by atoms with E-state index in [9.17, 15) is 4.39 Å². The lowest BCUT2D eigenvalue weighted by atomic mass is 10.2. The minimum Gasteiger partial charge on any atom is -0.467 e. The van der Waals surface area contributed by atoms with Gasteiger partial charge in [0, 0.05) is 7.05 Å². The molecule has 3 nitrogen and oxygen atoms in total. The normalized spacial score (nSPS) is 10.4. The van der Waals surface area contributed by atoms with Crippen molar-refractivity contribution < 1.29 is 8.81 Å². The van der Waals surface area contributed by atoms with E-state index >= 15 is 0 Å². The summed E-state index contributed by atoms with van der Waals surface area (Å²) in [5.41, 5.74) is 6.95. The summed E-state index contributed by atoms with van der Waals surface area (Å²) in [6.07, 6.45) is 1.62. The van der Waals surface area contributed by atoms with E-state index in [1.165, 1.54) is 12.1 Å². The first-order valence-corrected chi connectivity index (χ1v) is 4.95. The van der Waals surface area contributed by atoms with Gasteiger partial charge in [-0.15, -0.1) is 0 Å². The van der Waals surface area contributed by atoms with E-state index in [0.29, 0.717) is 12.2 Å². The van der Waals surface area contributed by atoms with Gasteiger partial charge < -0.3 is 15.1 Å². The minimum absolute atomic E-state index is 0.326. The number of nitrogens with two attached hydrogens (primary N) is 1. The van der Waals surface area contributed by atoms with E-state index in [2.05, 4.69) is 0 Å². The number of hydrogen-bond acceptors (Lipinski definition) is 3. The van der Waals surface area contributed by atoms with E-state index in [4.69, 9.17) is 10.2 Å². The van der Waals surface area contributed by atoms with Gasteiger partial charge in [-0.25, -0.2) is 4.39 Å². The van der Waals surface area contributed by atoms with Crippen LogP contribution in [0.25, 0.3) is 0 Å². The molecule has 2 N–H and O–H groups in total. The van der Waals surface area contributed by atoms with Crippen molar-refractivity contribution in [2.24, 2.45) is 0 Å². The monoisotopic (exact) mass is 220 g/mol. The molecule has 0 saturated heterocycles. The fourth-order valence-electron chi connectivity index (χ4n) is 1.59. The number of benzene rings is 1. The number of halogens is 1. The van der Waals surface area contributed by atoms with Crippen molar-refractivity contribution in [2.45, 2.75) is 6.54 Å². The third-order valence-corrected chi connectivity index (χ3v) is 2.37. The van der Waals surface area contributed by atoms with E-state index in [1.54, 1.807) is 12.3 Å². The highest BCUT2D eigenvalue weighted by molar-refractivity contribution is 5.67. The predicted molar refractivity (Wildman–Crippen MR) is 61.6 cm³/mol. The summed E-state index contributed by atoms with van der Waals surface area (Å²) in [7, 11) is 1.88. The number of rotatable bonds is 3. The van der Waals surface area contributed by atoms with Crippen LogP contribution in [0.4, 0.5) is 15.8 Å². The van der Waals surface area contributed by atoms with Gasteiger partial charge in [0.15, 0.2) is 0 Å². The Morgan fingerprint density at radius 3 is 2.81 bits per heavy atom. The number of nitrogen functional groups attached to an aromatic ring is 1. The van der Waals surface area contributed by atoms with Gasteiger partial charge >= 0.3 is 0 Å². The number of nitrogens with zero attached hydrogens (tertiary/aromatic N) is 1. The Morgan fingerprint density at radius 1 is 1.38 bits per heavy atom. The Balaban J connectivity index is 2.17. The lowest BCUT2D eigenvalue weighted by molar-refractivity contribution is 0.507. The van der Waals surface area contributed by atoms with Crippen molar-refractivity contribution in [3.63, 3.8) is 0 Å². The van der Waals surface area contributed by atoms with Crippen molar-refractivity contribution in [1.29, 1.82) is 0 Å². The average molecular weight is 220 g/mol. The third-order valence-electron chi connectivity index (χ3n) is 2.37. The van der Waals surface area contributed by atoms with Gasteiger partial charge in [0.05, 0.1) is 24.2 Å². The smallest absolute Gasteiger partial charge is 0.125 e. The third kappa shape index (κ3) is 2.16. The molecule has 1 aromatic heterocycles. The molecule has 4 heteroatoms. The molecule has 0 aliphatic carbocycles. The second-order valence-electron chi connectivity index (χ2n) is 3.64. The molecule has 0 atom stereocenters. The van der Waals surface area contributed by atoms with E-state index in [1.807, 2.05) is 24.1 Å². The lowest BCUT2D eigenvalue weighted by Crippen LogP contribution is -2.17. The highest BCUT2D eigenvalue weighted by Crippen LogP contribution is 2.24. The lowest BCUT2D eigenvalue weighted by Gasteiger charge is -2.19. The molecule has 2 aromatic rings. The summed E-state index contributed by atoms with van der Waals surface area (Å²) < 4.78 is 18.1. The molecule has 0 spiro atoms. The summed E-state index contributed by atoms with van der Waals surface area (Å²) in [4.78, 5) is 1.91. The Labute approximate surface area is 93.3 Å². The molecule has 0 amide bonds. The van der Waals surface area contributed by atoms with Crippen molar-refractivity contribution in [3.05, 3.63) is 48.2 Å². The molecule has 0 aliphatic heterocycles. The Morgan fingerprint density at radius 2 is 2.19 bits per heavy atom. The zero-order valence-corrected chi connectivity index (χ0v) is 8.98. The summed E-state index contributed by atoms with van der Waals surface area (Å²) in [5, 5.41) is 0. The zero-order chi connectivity index (χ0) is 11.5. The molecular formula is C12H13FN2O. The van der Waals surface area contributed by atoms with E-state index < -0.39 is 0 Å². The molecule has 2 rings (SSSR count). The van der Waals surface area contributed by atoms with Crippen LogP contribution in [0.15, 0.2) is 41.0 Å². The number of hydrogen-bond donors (Lipinski definition) is 1. The van der Waals surface area contributed by atoms with Crippen LogP contribution in [-0.2, 0) is 6.54 Å². The number of furan rings is 1. The van der Waals surface area contributed by atoms with Gasteiger partial charge in [0.1, 0.15) is 11.6 Å². The molecular weight excluding hydrogens is 207 g/mol. The van der Waals surface area contributed by atoms with Crippen LogP contribution >= 0.6 is 0 Å². The maximum atomic E-state index is 12.9. The maximum absolute atomic E-state index is 12.9.